The molecule has 0 aliphatic rings. The molecule has 1 aromatic carbocycles. The van der Waals surface area contributed by atoms with Crippen molar-refractivity contribution in [3.63, 3.8) is 0 Å². The predicted octanol–water partition coefficient (Wildman–Crippen LogP) is 4.01. The van der Waals surface area contributed by atoms with Crippen LogP contribution >= 0.6 is 11.3 Å². The Bertz CT molecular complexity index is 583. The summed E-state index contributed by atoms with van der Waals surface area (Å²) in [6.45, 7) is 7.06. The summed E-state index contributed by atoms with van der Waals surface area (Å²) in [7, 11) is 0. The van der Waals surface area contributed by atoms with Crippen molar-refractivity contribution in [2.45, 2.75) is 51.8 Å². The molecular formula is C17H23FN2OS. The lowest BCUT2D eigenvalue weighted by Gasteiger charge is -2.17. The average molecular weight is 322 g/mol. The van der Waals surface area contributed by atoms with Crippen LogP contribution in [0, 0.1) is 5.82 Å². The summed E-state index contributed by atoms with van der Waals surface area (Å²) in [5, 5.41) is 14.7. The zero-order valence-corrected chi connectivity index (χ0v) is 14.0. The number of aliphatic hydroxyl groups excluding tert-OH is 1. The molecule has 0 aliphatic carbocycles. The van der Waals surface area contributed by atoms with Gasteiger partial charge in [-0.3, -0.25) is 0 Å². The fourth-order valence-corrected chi connectivity index (χ4v) is 3.06. The van der Waals surface area contributed by atoms with E-state index in [9.17, 15) is 9.50 Å². The molecule has 2 atom stereocenters. The number of hydrogen-bond acceptors (Lipinski definition) is 4. The van der Waals surface area contributed by atoms with E-state index in [2.05, 4.69) is 24.1 Å². The Morgan fingerprint density at radius 1 is 1.23 bits per heavy atom. The Morgan fingerprint density at radius 3 is 2.50 bits per heavy atom. The van der Waals surface area contributed by atoms with Crippen molar-refractivity contribution in [3.8, 4) is 0 Å². The third-order valence-electron chi connectivity index (χ3n) is 3.52. The maximum atomic E-state index is 12.9. The SMILES string of the molecule is CC(CC(O)c1ccc(F)cc1)NCc1cnc(C(C)C)s1. The first-order valence-corrected chi connectivity index (χ1v) is 8.39. The number of benzene rings is 1. The Kier molecular flexibility index (Phi) is 6.06. The molecule has 0 saturated heterocycles. The molecule has 120 valence electrons. The standard InChI is InChI=1S/C17H23FN2OS/c1-11(2)17-20-10-15(22-17)9-19-12(3)8-16(21)13-4-6-14(18)7-5-13/h4-7,10-12,16,19,21H,8-9H2,1-3H3. The highest BCUT2D eigenvalue weighted by Gasteiger charge is 2.13. The highest BCUT2D eigenvalue weighted by Crippen LogP contribution is 2.22. The third-order valence-corrected chi connectivity index (χ3v) is 4.82. The van der Waals surface area contributed by atoms with E-state index in [1.165, 1.54) is 17.0 Å². The number of halogens is 1. The molecule has 1 heterocycles. The Morgan fingerprint density at radius 2 is 1.91 bits per heavy atom. The highest BCUT2D eigenvalue weighted by atomic mass is 32.1. The molecule has 0 saturated carbocycles. The van der Waals surface area contributed by atoms with Gasteiger partial charge in [0.25, 0.3) is 0 Å². The van der Waals surface area contributed by atoms with E-state index < -0.39 is 6.10 Å². The molecule has 0 aliphatic heterocycles. The van der Waals surface area contributed by atoms with Crippen LogP contribution in [-0.4, -0.2) is 16.1 Å². The molecule has 1 aromatic heterocycles. The minimum absolute atomic E-state index is 0.157. The van der Waals surface area contributed by atoms with Gasteiger partial charge in [0.2, 0.25) is 0 Å². The van der Waals surface area contributed by atoms with Gasteiger partial charge in [-0.05, 0) is 31.0 Å². The minimum atomic E-state index is -0.587. The number of hydrogen-bond donors (Lipinski definition) is 2. The van der Waals surface area contributed by atoms with Gasteiger partial charge in [-0.15, -0.1) is 11.3 Å². The lowest BCUT2D eigenvalue weighted by molar-refractivity contribution is 0.154. The normalized spacial score (nSPS) is 14.3. The van der Waals surface area contributed by atoms with Gasteiger partial charge in [-0.1, -0.05) is 26.0 Å². The molecule has 2 N–H and O–H groups in total. The molecule has 2 unspecified atom stereocenters. The van der Waals surface area contributed by atoms with Gasteiger partial charge in [-0.2, -0.15) is 0 Å². The zero-order chi connectivity index (χ0) is 16.1. The summed E-state index contributed by atoms with van der Waals surface area (Å²) in [4.78, 5) is 5.60. The number of rotatable bonds is 7. The lowest BCUT2D eigenvalue weighted by Crippen LogP contribution is -2.27. The molecule has 5 heteroatoms. The fraction of sp³-hybridized carbons (Fsp3) is 0.471. The van der Waals surface area contributed by atoms with Gasteiger partial charge in [0.15, 0.2) is 0 Å². The Labute approximate surface area is 135 Å². The van der Waals surface area contributed by atoms with E-state index in [0.717, 1.165) is 17.1 Å². The maximum absolute atomic E-state index is 12.9. The molecule has 22 heavy (non-hydrogen) atoms. The molecule has 0 radical (unpaired) electrons. The smallest absolute Gasteiger partial charge is 0.123 e. The first-order valence-electron chi connectivity index (χ1n) is 7.57. The van der Waals surface area contributed by atoms with E-state index >= 15 is 0 Å². The lowest BCUT2D eigenvalue weighted by atomic mass is 10.0. The summed E-state index contributed by atoms with van der Waals surface area (Å²) in [6, 6.07) is 6.17. The number of nitrogens with one attached hydrogen (secondary N) is 1. The monoisotopic (exact) mass is 322 g/mol. The topological polar surface area (TPSA) is 45.1 Å². The van der Waals surface area contributed by atoms with Crippen molar-refractivity contribution in [2.24, 2.45) is 0 Å². The summed E-state index contributed by atoms with van der Waals surface area (Å²) >= 11 is 1.72. The van der Waals surface area contributed by atoms with Crippen LogP contribution in [0.4, 0.5) is 4.39 Å². The summed E-state index contributed by atoms with van der Waals surface area (Å²) in [6.07, 6.45) is 1.91. The molecule has 0 bridgehead atoms. The minimum Gasteiger partial charge on any atom is -0.388 e. The van der Waals surface area contributed by atoms with Crippen molar-refractivity contribution >= 4 is 11.3 Å². The predicted molar refractivity (Wildman–Crippen MR) is 88.5 cm³/mol. The quantitative estimate of drug-likeness (QED) is 0.809. The van der Waals surface area contributed by atoms with Crippen molar-refractivity contribution < 1.29 is 9.50 Å². The molecular weight excluding hydrogens is 299 g/mol. The largest absolute Gasteiger partial charge is 0.388 e. The second-order valence-corrected chi connectivity index (χ2v) is 7.05. The van der Waals surface area contributed by atoms with Crippen LogP contribution < -0.4 is 5.32 Å². The van der Waals surface area contributed by atoms with Crippen molar-refractivity contribution in [3.05, 3.63) is 51.7 Å². The second kappa shape index (κ2) is 7.81. The van der Waals surface area contributed by atoms with E-state index in [4.69, 9.17) is 0 Å². The zero-order valence-electron chi connectivity index (χ0n) is 13.2. The molecule has 2 aromatic rings. The summed E-state index contributed by atoms with van der Waals surface area (Å²) in [5.74, 6) is 0.171. The van der Waals surface area contributed by atoms with Crippen molar-refractivity contribution in [1.29, 1.82) is 0 Å². The Hall–Kier alpha value is -1.30. The van der Waals surface area contributed by atoms with Gasteiger partial charge >= 0.3 is 0 Å². The maximum Gasteiger partial charge on any atom is 0.123 e. The van der Waals surface area contributed by atoms with E-state index in [-0.39, 0.29) is 11.9 Å². The van der Waals surface area contributed by atoms with Crippen LogP contribution in [-0.2, 0) is 6.54 Å². The van der Waals surface area contributed by atoms with Crippen LogP contribution in [0.25, 0.3) is 0 Å². The Balaban J connectivity index is 1.81. The van der Waals surface area contributed by atoms with Crippen LogP contribution in [0.2, 0.25) is 0 Å². The molecule has 3 nitrogen and oxygen atoms in total. The molecule has 0 amide bonds. The van der Waals surface area contributed by atoms with Gasteiger partial charge in [-0.25, -0.2) is 9.37 Å². The first-order chi connectivity index (χ1) is 10.5. The van der Waals surface area contributed by atoms with Gasteiger partial charge in [0, 0.05) is 29.6 Å². The number of aromatic nitrogens is 1. The molecule has 2 rings (SSSR count). The third kappa shape index (κ3) is 4.87. The summed E-state index contributed by atoms with van der Waals surface area (Å²) < 4.78 is 12.9. The van der Waals surface area contributed by atoms with Crippen LogP contribution in [0.15, 0.2) is 30.5 Å². The number of nitrogens with zero attached hydrogens (tertiary/aromatic N) is 1. The fourth-order valence-electron chi connectivity index (χ4n) is 2.19. The van der Waals surface area contributed by atoms with Crippen LogP contribution in [0.1, 0.15) is 54.7 Å². The number of thiazole rings is 1. The van der Waals surface area contributed by atoms with Gasteiger partial charge in [0.05, 0.1) is 11.1 Å². The molecule has 0 fully saturated rings. The van der Waals surface area contributed by atoms with Crippen molar-refractivity contribution in [1.82, 2.24) is 10.3 Å². The van der Waals surface area contributed by atoms with E-state index in [1.807, 2.05) is 13.1 Å². The highest BCUT2D eigenvalue weighted by molar-refractivity contribution is 7.11. The first kappa shape index (κ1) is 17.1. The van der Waals surface area contributed by atoms with Crippen molar-refractivity contribution in [2.75, 3.05) is 0 Å². The van der Waals surface area contributed by atoms with Gasteiger partial charge < -0.3 is 10.4 Å². The average Bonchev–Trinajstić information content (AvgIpc) is 2.95. The summed E-state index contributed by atoms with van der Waals surface area (Å²) in [5.41, 5.74) is 0.745. The van der Waals surface area contributed by atoms with E-state index in [1.54, 1.807) is 23.5 Å². The van der Waals surface area contributed by atoms with Crippen LogP contribution in [0.3, 0.4) is 0 Å². The second-order valence-electron chi connectivity index (χ2n) is 5.90. The van der Waals surface area contributed by atoms with Crippen LogP contribution in [0.5, 0.6) is 0 Å². The van der Waals surface area contributed by atoms with E-state index in [0.29, 0.717) is 12.3 Å². The molecule has 0 spiro atoms. The van der Waals surface area contributed by atoms with Gasteiger partial charge in [0.1, 0.15) is 5.82 Å². The number of aliphatic hydroxyl groups is 1.